The number of benzene rings is 2. The first-order valence-corrected chi connectivity index (χ1v) is 11.9. The Bertz CT molecular complexity index is 817. The fourth-order valence-corrected chi connectivity index (χ4v) is 4.07. The van der Waals surface area contributed by atoms with Crippen molar-refractivity contribution in [3.8, 4) is 0 Å². The maximum Gasteiger partial charge on any atom is 0.242 e. The third-order valence-electron chi connectivity index (χ3n) is 4.37. The van der Waals surface area contributed by atoms with Crippen LogP contribution in [0.25, 0.3) is 0 Å². The lowest BCUT2D eigenvalue weighted by Crippen LogP contribution is -2.48. The van der Waals surface area contributed by atoms with Gasteiger partial charge in [0.05, 0.1) is 5.75 Å². The van der Waals surface area contributed by atoms with Crippen molar-refractivity contribution >= 4 is 51.1 Å². The largest absolute Gasteiger partial charge is 0.354 e. The maximum atomic E-state index is 13.0. The topological polar surface area (TPSA) is 49.4 Å². The van der Waals surface area contributed by atoms with Crippen molar-refractivity contribution in [3.63, 3.8) is 0 Å². The second-order valence-electron chi connectivity index (χ2n) is 6.74. The maximum absolute atomic E-state index is 13.0. The molecule has 2 aromatic rings. The highest BCUT2D eigenvalue weighted by Crippen LogP contribution is 2.19. The Morgan fingerprint density at radius 1 is 1.17 bits per heavy atom. The lowest BCUT2D eigenvalue weighted by molar-refractivity contribution is -0.138. The van der Waals surface area contributed by atoms with Gasteiger partial charge < -0.3 is 10.2 Å². The minimum atomic E-state index is -0.538. The number of halogens is 2. The van der Waals surface area contributed by atoms with Gasteiger partial charge in [0.15, 0.2) is 0 Å². The van der Waals surface area contributed by atoms with Crippen molar-refractivity contribution in [2.75, 3.05) is 12.3 Å². The third-order valence-corrected chi connectivity index (χ3v) is 6.12. The minimum Gasteiger partial charge on any atom is -0.354 e. The third kappa shape index (κ3) is 8.03. The monoisotopic (exact) mass is 496 g/mol. The summed E-state index contributed by atoms with van der Waals surface area (Å²) >= 11 is 11.0. The Morgan fingerprint density at radius 2 is 1.90 bits per heavy atom. The predicted molar refractivity (Wildman–Crippen MR) is 125 cm³/mol. The van der Waals surface area contributed by atoms with E-state index >= 15 is 0 Å². The zero-order valence-corrected chi connectivity index (χ0v) is 19.8. The summed E-state index contributed by atoms with van der Waals surface area (Å²) in [6, 6.07) is 14.9. The second-order valence-corrected chi connectivity index (χ2v) is 9.08. The van der Waals surface area contributed by atoms with Crippen molar-refractivity contribution in [1.29, 1.82) is 0 Å². The standard InChI is InChI=1S/C22H26BrClN2O2S/c1-3-11-25-22(28)16(2)26(13-17-7-9-19(23)10-8-17)21(27)15-29-14-18-5-4-6-20(24)12-18/h4-10,12,16H,3,11,13-15H2,1-2H3,(H,25,28)/t16-/m1/s1. The highest BCUT2D eigenvalue weighted by Gasteiger charge is 2.25. The molecule has 0 bridgehead atoms. The molecule has 0 aromatic heterocycles. The smallest absolute Gasteiger partial charge is 0.242 e. The van der Waals surface area contributed by atoms with Crippen LogP contribution in [0.3, 0.4) is 0 Å². The van der Waals surface area contributed by atoms with Crippen LogP contribution in [0.2, 0.25) is 5.02 Å². The van der Waals surface area contributed by atoms with Crippen molar-refractivity contribution in [2.24, 2.45) is 0 Å². The molecular formula is C22H26BrClN2O2S. The molecule has 0 saturated heterocycles. The van der Waals surface area contributed by atoms with Crippen molar-refractivity contribution in [2.45, 2.75) is 38.6 Å². The molecule has 0 radical (unpaired) electrons. The Labute approximate surface area is 190 Å². The molecule has 1 N–H and O–H groups in total. The van der Waals surface area contributed by atoms with Crippen LogP contribution >= 0.6 is 39.3 Å². The molecule has 0 unspecified atom stereocenters. The number of carbonyl (C=O) groups excluding carboxylic acids is 2. The fraction of sp³-hybridized carbons (Fsp3) is 0.364. The molecular weight excluding hydrogens is 472 g/mol. The van der Waals surface area contributed by atoms with Crippen molar-refractivity contribution in [1.82, 2.24) is 10.2 Å². The number of amides is 2. The van der Waals surface area contributed by atoms with Crippen molar-refractivity contribution in [3.05, 3.63) is 69.2 Å². The van der Waals surface area contributed by atoms with E-state index in [1.54, 1.807) is 11.8 Å². The summed E-state index contributed by atoms with van der Waals surface area (Å²) in [6.07, 6.45) is 0.856. The Hall–Kier alpha value is -1.50. The summed E-state index contributed by atoms with van der Waals surface area (Å²) in [6.45, 7) is 4.78. The lowest BCUT2D eigenvalue weighted by atomic mass is 10.1. The highest BCUT2D eigenvalue weighted by molar-refractivity contribution is 9.10. The van der Waals surface area contributed by atoms with Gasteiger partial charge >= 0.3 is 0 Å². The van der Waals surface area contributed by atoms with Gasteiger partial charge in [0.2, 0.25) is 11.8 Å². The lowest BCUT2D eigenvalue weighted by Gasteiger charge is -2.28. The summed E-state index contributed by atoms with van der Waals surface area (Å²) in [5, 5.41) is 3.58. The minimum absolute atomic E-state index is 0.0564. The van der Waals surface area contributed by atoms with E-state index in [1.165, 1.54) is 11.8 Å². The summed E-state index contributed by atoms with van der Waals surface area (Å²) in [5.74, 6) is 0.805. The van der Waals surface area contributed by atoms with Gasteiger partial charge in [0.25, 0.3) is 0 Å². The van der Waals surface area contributed by atoms with Crippen LogP contribution in [0, 0.1) is 0 Å². The van der Waals surface area contributed by atoms with Crippen LogP contribution in [0.15, 0.2) is 53.0 Å². The first-order valence-electron chi connectivity index (χ1n) is 9.54. The molecule has 2 amide bonds. The molecule has 0 spiro atoms. The molecule has 29 heavy (non-hydrogen) atoms. The first kappa shape index (κ1) is 23.8. The zero-order valence-electron chi connectivity index (χ0n) is 16.7. The van der Waals surface area contributed by atoms with E-state index < -0.39 is 6.04 Å². The van der Waals surface area contributed by atoms with Crippen LogP contribution in [-0.4, -0.2) is 35.1 Å². The Balaban J connectivity index is 2.04. The van der Waals surface area contributed by atoms with Gasteiger partial charge in [-0.15, -0.1) is 11.8 Å². The average Bonchev–Trinajstić information content (AvgIpc) is 2.71. The number of hydrogen-bond donors (Lipinski definition) is 1. The fourth-order valence-electron chi connectivity index (χ4n) is 2.73. The number of rotatable bonds is 10. The SMILES string of the molecule is CCCNC(=O)[C@@H](C)N(Cc1ccc(Br)cc1)C(=O)CSCc1cccc(Cl)c1. The molecule has 2 aromatic carbocycles. The van der Waals surface area contributed by atoms with Gasteiger partial charge in [-0.3, -0.25) is 9.59 Å². The number of thioether (sulfide) groups is 1. The molecule has 0 aliphatic rings. The summed E-state index contributed by atoms with van der Waals surface area (Å²) in [7, 11) is 0. The summed E-state index contributed by atoms with van der Waals surface area (Å²) in [5.41, 5.74) is 2.06. The highest BCUT2D eigenvalue weighted by atomic mass is 79.9. The van der Waals surface area contributed by atoms with Crippen LogP contribution in [0.5, 0.6) is 0 Å². The quantitative estimate of drug-likeness (QED) is 0.486. The second kappa shape index (κ2) is 12.3. The molecule has 4 nitrogen and oxygen atoms in total. The van der Waals surface area contributed by atoms with Gasteiger partial charge in [-0.25, -0.2) is 0 Å². The van der Waals surface area contributed by atoms with Crippen molar-refractivity contribution < 1.29 is 9.59 Å². The summed E-state index contributed by atoms with van der Waals surface area (Å²) in [4.78, 5) is 27.1. The van der Waals surface area contributed by atoms with E-state index in [2.05, 4.69) is 21.2 Å². The molecule has 1 atom stereocenters. The molecule has 156 valence electrons. The molecule has 0 saturated carbocycles. The van der Waals surface area contributed by atoms with E-state index in [1.807, 2.05) is 55.5 Å². The molecule has 2 rings (SSSR count). The molecule has 0 heterocycles. The number of carbonyl (C=O) groups is 2. The van der Waals surface area contributed by atoms with Crippen LogP contribution in [-0.2, 0) is 21.9 Å². The number of hydrogen-bond acceptors (Lipinski definition) is 3. The van der Waals surface area contributed by atoms with E-state index in [0.717, 1.165) is 22.0 Å². The van der Waals surface area contributed by atoms with Crippen LogP contribution in [0.4, 0.5) is 0 Å². The van der Waals surface area contributed by atoms with Gasteiger partial charge in [-0.2, -0.15) is 0 Å². The van der Waals surface area contributed by atoms with Gasteiger partial charge in [0.1, 0.15) is 6.04 Å². The predicted octanol–water partition coefficient (Wildman–Crippen LogP) is 5.28. The number of nitrogens with one attached hydrogen (secondary N) is 1. The molecule has 0 fully saturated rings. The summed E-state index contributed by atoms with van der Waals surface area (Å²) < 4.78 is 0.977. The van der Waals surface area contributed by atoms with Gasteiger partial charge in [-0.05, 0) is 48.7 Å². The van der Waals surface area contributed by atoms with E-state index in [-0.39, 0.29) is 11.8 Å². The molecule has 0 aliphatic heterocycles. The van der Waals surface area contributed by atoms with E-state index in [4.69, 9.17) is 11.6 Å². The average molecular weight is 498 g/mol. The van der Waals surface area contributed by atoms with E-state index in [0.29, 0.717) is 29.6 Å². The normalized spacial score (nSPS) is 11.7. The Morgan fingerprint density at radius 3 is 2.55 bits per heavy atom. The van der Waals surface area contributed by atoms with E-state index in [9.17, 15) is 9.59 Å². The zero-order chi connectivity index (χ0) is 21.2. The van der Waals surface area contributed by atoms with Gasteiger partial charge in [-0.1, -0.05) is 58.7 Å². The Kier molecular flexibility index (Phi) is 10.0. The number of nitrogens with zero attached hydrogens (tertiary/aromatic N) is 1. The first-order chi connectivity index (χ1) is 13.9. The molecule has 7 heteroatoms. The van der Waals surface area contributed by atoms with Gasteiger partial charge in [0, 0.05) is 28.3 Å². The van der Waals surface area contributed by atoms with Crippen LogP contribution < -0.4 is 5.32 Å². The molecule has 0 aliphatic carbocycles. The van der Waals surface area contributed by atoms with Crippen LogP contribution in [0.1, 0.15) is 31.4 Å².